The Labute approximate surface area is 161 Å². The molecule has 3 rings (SSSR count). The van der Waals surface area contributed by atoms with Gasteiger partial charge in [-0.15, -0.1) is 0 Å². The minimum absolute atomic E-state index is 0.0262. The number of likely N-dealkylation sites (tertiary alicyclic amines) is 1. The second kappa shape index (κ2) is 8.74. The average Bonchev–Trinajstić information content (AvgIpc) is 3.22. The number of hydrogen-bond acceptors (Lipinski definition) is 4. The van der Waals surface area contributed by atoms with Gasteiger partial charge in [0.15, 0.2) is 6.61 Å². The summed E-state index contributed by atoms with van der Waals surface area (Å²) in [5, 5.41) is 2.97. The van der Waals surface area contributed by atoms with Crippen LogP contribution < -0.4 is 10.1 Å². The number of carbonyl (C=O) groups is 2. The summed E-state index contributed by atoms with van der Waals surface area (Å²) in [6.45, 7) is 3.87. The zero-order valence-corrected chi connectivity index (χ0v) is 16.3. The Morgan fingerprint density at radius 2 is 1.89 bits per heavy atom. The Bertz CT molecular complexity index is 655. The maximum atomic E-state index is 12.8. The Kier molecular flexibility index (Phi) is 6.37. The van der Waals surface area contributed by atoms with Crippen molar-refractivity contribution in [1.82, 2.24) is 4.90 Å². The molecule has 2 atom stereocenters. The van der Waals surface area contributed by atoms with E-state index in [2.05, 4.69) is 12.2 Å². The van der Waals surface area contributed by atoms with E-state index in [0.717, 1.165) is 51.6 Å². The molecule has 2 fully saturated rings. The first-order chi connectivity index (χ1) is 13.0. The van der Waals surface area contributed by atoms with Crippen molar-refractivity contribution in [3.8, 4) is 5.75 Å². The average molecular weight is 374 g/mol. The third-order valence-corrected chi connectivity index (χ3v) is 5.69. The highest BCUT2D eigenvalue weighted by Crippen LogP contribution is 2.35. The molecule has 0 aromatic heterocycles. The van der Waals surface area contributed by atoms with Crippen molar-refractivity contribution in [2.45, 2.75) is 51.0 Å². The van der Waals surface area contributed by atoms with Crippen LogP contribution in [0.25, 0.3) is 0 Å². The molecule has 148 valence electrons. The Morgan fingerprint density at radius 3 is 2.52 bits per heavy atom. The molecular weight excluding hydrogens is 344 g/mol. The van der Waals surface area contributed by atoms with E-state index in [1.165, 1.54) is 0 Å². The van der Waals surface area contributed by atoms with Gasteiger partial charge in [-0.1, -0.05) is 13.3 Å². The zero-order valence-electron chi connectivity index (χ0n) is 16.3. The van der Waals surface area contributed by atoms with Crippen LogP contribution in [-0.2, 0) is 14.3 Å². The molecule has 6 heteroatoms. The van der Waals surface area contributed by atoms with Crippen molar-refractivity contribution < 1.29 is 19.1 Å². The quantitative estimate of drug-likeness (QED) is 0.830. The lowest BCUT2D eigenvalue weighted by Crippen LogP contribution is -2.47. The molecule has 0 spiro atoms. The van der Waals surface area contributed by atoms with Gasteiger partial charge in [0.05, 0.1) is 0 Å². The van der Waals surface area contributed by atoms with Crippen molar-refractivity contribution in [2.75, 3.05) is 32.1 Å². The van der Waals surface area contributed by atoms with Crippen molar-refractivity contribution in [1.29, 1.82) is 0 Å². The smallest absolute Gasteiger partial charge is 0.260 e. The molecule has 2 aliphatic rings. The monoisotopic (exact) mass is 374 g/mol. The lowest BCUT2D eigenvalue weighted by molar-refractivity contribution is -0.143. The number of hydrogen-bond donors (Lipinski definition) is 1. The number of carbonyl (C=O) groups excluding carboxylic acids is 2. The fourth-order valence-corrected chi connectivity index (χ4v) is 4.07. The third kappa shape index (κ3) is 4.80. The Balaban J connectivity index is 1.53. The first kappa shape index (κ1) is 19.7. The summed E-state index contributed by atoms with van der Waals surface area (Å²) in [7, 11) is 1.62. The first-order valence-electron chi connectivity index (χ1n) is 9.90. The zero-order chi connectivity index (χ0) is 19.3. The molecule has 1 aromatic rings. The Hall–Kier alpha value is -2.08. The summed E-state index contributed by atoms with van der Waals surface area (Å²) in [6.07, 6.45) is 5.78. The topological polar surface area (TPSA) is 67.9 Å². The number of ether oxygens (including phenoxy) is 2. The molecule has 1 aliphatic heterocycles. The van der Waals surface area contributed by atoms with Crippen LogP contribution in [0.4, 0.5) is 5.69 Å². The van der Waals surface area contributed by atoms with Gasteiger partial charge in [-0.05, 0) is 62.3 Å². The lowest BCUT2D eigenvalue weighted by atomic mass is 9.78. The van der Waals surface area contributed by atoms with Gasteiger partial charge in [0.25, 0.3) is 11.8 Å². The Morgan fingerprint density at radius 1 is 1.19 bits per heavy atom. The molecule has 0 bridgehead atoms. The molecule has 27 heavy (non-hydrogen) atoms. The molecule has 1 heterocycles. The van der Waals surface area contributed by atoms with Crippen LogP contribution in [0.1, 0.15) is 45.4 Å². The van der Waals surface area contributed by atoms with E-state index in [9.17, 15) is 9.59 Å². The number of rotatable bonds is 6. The van der Waals surface area contributed by atoms with Crippen molar-refractivity contribution >= 4 is 17.5 Å². The van der Waals surface area contributed by atoms with Gasteiger partial charge in [0.1, 0.15) is 11.4 Å². The maximum Gasteiger partial charge on any atom is 0.260 e. The fourth-order valence-electron chi connectivity index (χ4n) is 4.07. The van der Waals surface area contributed by atoms with E-state index in [-0.39, 0.29) is 18.4 Å². The van der Waals surface area contributed by atoms with Gasteiger partial charge in [-0.3, -0.25) is 9.59 Å². The van der Waals surface area contributed by atoms with Crippen LogP contribution >= 0.6 is 0 Å². The predicted octanol–water partition coefficient (Wildman–Crippen LogP) is 3.22. The number of amides is 2. The van der Waals surface area contributed by atoms with Gasteiger partial charge in [0.2, 0.25) is 0 Å². The van der Waals surface area contributed by atoms with E-state index < -0.39 is 5.60 Å². The van der Waals surface area contributed by atoms with Crippen molar-refractivity contribution in [2.24, 2.45) is 5.92 Å². The fraction of sp³-hybridized carbons (Fsp3) is 0.619. The van der Waals surface area contributed by atoms with Crippen LogP contribution in [0.5, 0.6) is 5.75 Å². The van der Waals surface area contributed by atoms with E-state index in [0.29, 0.717) is 17.4 Å². The number of nitrogens with zero attached hydrogens (tertiary/aromatic N) is 1. The molecule has 2 amide bonds. The van der Waals surface area contributed by atoms with Crippen LogP contribution in [-0.4, -0.2) is 49.1 Å². The number of nitrogens with one attached hydrogen (secondary N) is 1. The molecular formula is C21H30N2O4. The van der Waals surface area contributed by atoms with Crippen LogP contribution in [0.15, 0.2) is 24.3 Å². The molecule has 0 unspecified atom stereocenters. The van der Waals surface area contributed by atoms with Gasteiger partial charge < -0.3 is 19.7 Å². The van der Waals surface area contributed by atoms with E-state index in [1.807, 2.05) is 4.90 Å². The third-order valence-electron chi connectivity index (χ3n) is 5.69. The SMILES string of the molecule is CO[C@]1(C(=O)Nc2ccc(OCC(=O)N3CCCC3)cc2)CCC[C@@H](C)C1. The summed E-state index contributed by atoms with van der Waals surface area (Å²) in [5.74, 6) is 1.04. The van der Waals surface area contributed by atoms with Gasteiger partial charge in [-0.25, -0.2) is 0 Å². The highest BCUT2D eigenvalue weighted by Gasteiger charge is 2.41. The maximum absolute atomic E-state index is 12.8. The summed E-state index contributed by atoms with van der Waals surface area (Å²) < 4.78 is 11.2. The van der Waals surface area contributed by atoms with Crippen molar-refractivity contribution in [3.05, 3.63) is 24.3 Å². The molecule has 6 nitrogen and oxygen atoms in total. The number of benzene rings is 1. The van der Waals surface area contributed by atoms with E-state index in [1.54, 1.807) is 31.4 Å². The summed E-state index contributed by atoms with van der Waals surface area (Å²) >= 11 is 0. The standard InChI is InChI=1S/C21H30N2O4/c1-16-6-5-11-21(14-16,26-2)20(25)22-17-7-9-18(10-8-17)27-15-19(24)23-12-3-4-13-23/h7-10,16H,3-6,11-15H2,1-2H3,(H,22,25)/t16-,21-/m1/s1. The van der Waals surface area contributed by atoms with Crippen molar-refractivity contribution in [3.63, 3.8) is 0 Å². The minimum Gasteiger partial charge on any atom is -0.484 e. The molecule has 1 N–H and O–H groups in total. The first-order valence-corrected chi connectivity index (χ1v) is 9.90. The molecule has 0 radical (unpaired) electrons. The summed E-state index contributed by atoms with van der Waals surface area (Å²) in [5.41, 5.74) is -0.0394. The highest BCUT2D eigenvalue weighted by atomic mass is 16.5. The van der Waals surface area contributed by atoms with E-state index in [4.69, 9.17) is 9.47 Å². The second-order valence-corrected chi connectivity index (χ2v) is 7.76. The molecule has 1 saturated heterocycles. The van der Waals surface area contributed by atoms with Crippen LogP contribution in [0.3, 0.4) is 0 Å². The molecule has 1 aromatic carbocycles. The van der Waals surface area contributed by atoms with Crippen LogP contribution in [0.2, 0.25) is 0 Å². The predicted molar refractivity (Wildman–Crippen MR) is 104 cm³/mol. The summed E-state index contributed by atoms with van der Waals surface area (Å²) in [4.78, 5) is 26.7. The van der Waals surface area contributed by atoms with E-state index >= 15 is 0 Å². The number of anilines is 1. The normalized spacial score (nSPS) is 25.3. The van der Waals surface area contributed by atoms with Gasteiger partial charge in [-0.2, -0.15) is 0 Å². The largest absolute Gasteiger partial charge is 0.484 e. The number of methoxy groups -OCH3 is 1. The minimum atomic E-state index is -0.741. The van der Waals surface area contributed by atoms with Gasteiger partial charge >= 0.3 is 0 Å². The summed E-state index contributed by atoms with van der Waals surface area (Å²) in [6, 6.07) is 7.14. The molecule has 1 aliphatic carbocycles. The van der Waals surface area contributed by atoms with Gasteiger partial charge in [0, 0.05) is 25.9 Å². The highest BCUT2D eigenvalue weighted by molar-refractivity contribution is 5.97. The molecule has 1 saturated carbocycles. The van der Waals surface area contributed by atoms with Crippen LogP contribution in [0, 0.1) is 5.92 Å². The lowest BCUT2D eigenvalue weighted by Gasteiger charge is -2.37. The second-order valence-electron chi connectivity index (χ2n) is 7.76.